The van der Waals surface area contributed by atoms with Crippen molar-refractivity contribution in [2.24, 2.45) is 0 Å². The van der Waals surface area contributed by atoms with Crippen LogP contribution in [0.5, 0.6) is 17.2 Å². The maximum atomic E-state index is 10.8. The van der Waals surface area contributed by atoms with Gasteiger partial charge in [-0.3, -0.25) is 0 Å². The zero-order valence-corrected chi connectivity index (χ0v) is 17.5. The first-order valence-corrected chi connectivity index (χ1v) is 9.43. The Labute approximate surface area is 174 Å². The summed E-state index contributed by atoms with van der Waals surface area (Å²) in [6.45, 7) is 9.84. The number of aliphatic carboxylic acids is 1. The summed E-state index contributed by atoms with van der Waals surface area (Å²) in [6.07, 6.45) is 0.218. The quantitative estimate of drug-likeness (QED) is 0.569. The first kappa shape index (κ1) is 21.2. The second kappa shape index (κ2) is 8.06. The minimum absolute atomic E-state index is 0.00353. The van der Waals surface area contributed by atoms with Crippen LogP contribution < -0.4 is 9.47 Å². The summed E-state index contributed by atoms with van der Waals surface area (Å²) in [5.74, 6) is 0.107. The van der Waals surface area contributed by atoms with E-state index in [0.29, 0.717) is 28.2 Å². The average Bonchev–Trinajstić information content (AvgIpc) is 3.09. The van der Waals surface area contributed by atoms with E-state index in [9.17, 15) is 9.90 Å². The van der Waals surface area contributed by atoms with Crippen LogP contribution >= 0.6 is 0 Å². The molecule has 3 aromatic rings. The second-order valence-corrected chi connectivity index (χ2v) is 7.94. The number of methoxy groups -OCH3 is 1. The third-order valence-corrected chi connectivity index (χ3v) is 4.65. The van der Waals surface area contributed by atoms with Gasteiger partial charge in [0, 0.05) is 29.7 Å². The Bertz CT molecular complexity index is 1110. The molecule has 8 nitrogen and oxygen atoms in total. The molecule has 0 spiro atoms. The van der Waals surface area contributed by atoms with Gasteiger partial charge in [0.15, 0.2) is 0 Å². The van der Waals surface area contributed by atoms with Gasteiger partial charge in [-0.25, -0.2) is 4.79 Å². The van der Waals surface area contributed by atoms with Crippen molar-refractivity contribution in [2.45, 2.75) is 32.6 Å². The van der Waals surface area contributed by atoms with Crippen molar-refractivity contribution in [2.75, 3.05) is 13.7 Å². The summed E-state index contributed by atoms with van der Waals surface area (Å²) in [5.41, 5.74) is 2.45. The summed E-state index contributed by atoms with van der Waals surface area (Å²) >= 11 is 0. The van der Waals surface area contributed by atoms with Crippen LogP contribution in [0.3, 0.4) is 0 Å². The van der Waals surface area contributed by atoms with E-state index >= 15 is 0 Å². The topological polar surface area (TPSA) is 107 Å². The van der Waals surface area contributed by atoms with Gasteiger partial charge >= 0.3 is 5.97 Å². The third kappa shape index (κ3) is 4.37. The molecule has 1 heterocycles. The lowest BCUT2D eigenvalue weighted by Gasteiger charge is -2.23. The van der Waals surface area contributed by atoms with Crippen LogP contribution in [-0.2, 0) is 10.2 Å². The van der Waals surface area contributed by atoms with Gasteiger partial charge in [-0.1, -0.05) is 27.4 Å². The first-order chi connectivity index (χ1) is 14.1. The zero-order valence-electron chi connectivity index (χ0n) is 17.5. The molecule has 0 aliphatic rings. The van der Waals surface area contributed by atoms with Crippen molar-refractivity contribution in [3.8, 4) is 22.9 Å². The number of aromatic hydroxyl groups is 1. The molecule has 0 atom stereocenters. The molecule has 2 N–H and O–H groups in total. The molecule has 2 aromatic carbocycles. The molecule has 3 rings (SSSR count). The molecule has 8 heteroatoms. The predicted molar refractivity (Wildman–Crippen MR) is 113 cm³/mol. The number of benzene rings is 2. The Morgan fingerprint density at radius 2 is 1.87 bits per heavy atom. The fourth-order valence-corrected chi connectivity index (χ4v) is 2.96. The smallest absolute Gasteiger partial charge is 0.331 e. The molecule has 30 heavy (non-hydrogen) atoms. The van der Waals surface area contributed by atoms with Gasteiger partial charge in [-0.05, 0) is 23.6 Å². The van der Waals surface area contributed by atoms with E-state index in [0.717, 1.165) is 5.56 Å². The number of phenols is 1. The zero-order chi connectivity index (χ0) is 22.1. The highest BCUT2D eigenvalue weighted by molar-refractivity contribution is 5.85. The van der Waals surface area contributed by atoms with Gasteiger partial charge in [0.1, 0.15) is 34.0 Å². The maximum Gasteiger partial charge on any atom is 0.331 e. The molecule has 158 valence electrons. The van der Waals surface area contributed by atoms with Gasteiger partial charge in [-0.2, -0.15) is 0 Å². The number of hydrogen-bond donors (Lipinski definition) is 2. The second-order valence-electron chi connectivity index (χ2n) is 7.94. The summed E-state index contributed by atoms with van der Waals surface area (Å²) in [7, 11) is 1.57. The molecule has 0 unspecified atom stereocenters. The SMILES string of the molecule is C=C(CCOc1ccc2nn(-c3cc(C(C)(C)C)c(OC)cc3O)nc2c1)C(=O)O. The number of fused-ring (bicyclic) bond motifs is 1. The molecular weight excluding hydrogens is 386 g/mol. The van der Waals surface area contributed by atoms with Crippen molar-refractivity contribution in [3.05, 3.63) is 48.0 Å². The number of carboxylic acid groups (broad SMARTS) is 1. The molecular formula is C22H25N3O5. The Kier molecular flexibility index (Phi) is 5.69. The number of phenolic OH excluding ortho intramolecular Hbond substituents is 1. The number of nitrogens with zero attached hydrogens (tertiary/aromatic N) is 3. The van der Waals surface area contributed by atoms with Crippen molar-refractivity contribution >= 4 is 17.0 Å². The van der Waals surface area contributed by atoms with Crippen LogP contribution in [0, 0.1) is 0 Å². The molecule has 0 amide bonds. The maximum absolute atomic E-state index is 10.8. The van der Waals surface area contributed by atoms with Crippen LogP contribution in [0.1, 0.15) is 32.8 Å². The summed E-state index contributed by atoms with van der Waals surface area (Å²) < 4.78 is 11.0. The predicted octanol–water partition coefficient (Wildman–Crippen LogP) is 3.84. The number of hydrogen-bond acceptors (Lipinski definition) is 6. The minimum atomic E-state index is -1.04. The fourth-order valence-electron chi connectivity index (χ4n) is 2.96. The monoisotopic (exact) mass is 411 g/mol. The number of aromatic nitrogens is 3. The van der Waals surface area contributed by atoms with E-state index in [1.54, 1.807) is 31.4 Å². The van der Waals surface area contributed by atoms with E-state index in [2.05, 4.69) is 37.5 Å². The van der Waals surface area contributed by atoms with Crippen molar-refractivity contribution in [1.82, 2.24) is 15.0 Å². The number of carbonyl (C=O) groups is 1. The molecule has 1 aromatic heterocycles. The lowest BCUT2D eigenvalue weighted by atomic mass is 9.86. The normalized spacial score (nSPS) is 11.5. The Balaban J connectivity index is 1.91. The highest BCUT2D eigenvalue weighted by atomic mass is 16.5. The van der Waals surface area contributed by atoms with Crippen LogP contribution in [0.4, 0.5) is 0 Å². The fraction of sp³-hybridized carbons (Fsp3) is 0.318. The van der Waals surface area contributed by atoms with E-state index in [1.807, 2.05) is 6.07 Å². The molecule has 0 fully saturated rings. The lowest BCUT2D eigenvalue weighted by Crippen LogP contribution is -2.14. The van der Waals surface area contributed by atoms with Gasteiger partial charge in [0.2, 0.25) is 0 Å². The Morgan fingerprint density at radius 1 is 1.17 bits per heavy atom. The van der Waals surface area contributed by atoms with Crippen molar-refractivity contribution in [1.29, 1.82) is 0 Å². The summed E-state index contributed by atoms with van der Waals surface area (Å²) in [4.78, 5) is 12.2. The van der Waals surface area contributed by atoms with Gasteiger partial charge in [-0.15, -0.1) is 15.0 Å². The van der Waals surface area contributed by atoms with E-state index in [4.69, 9.17) is 14.6 Å². The first-order valence-electron chi connectivity index (χ1n) is 9.43. The largest absolute Gasteiger partial charge is 0.505 e. The van der Waals surface area contributed by atoms with Crippen molar-refractivity contribution in [3.63, 3.8) is 0 Å². The third-order valence-electron chi connectivity index (χ3n) is 4.65. The van der Waals surface area contributed by atoms with E-state index < -0.39 is 5.97 Å². The van der Waals surface area contributed by atoms with Gasteiger partial charge in [0.05, 0.1) is 13.7 Å². The summed E-state index contributed by atoms with van der Waals surface area (Å²) in [6, 6.07) is 8.59. The highest BCUT2D eigenvalue weighted by Crippen LogP contribution is 2.37. The lowest BCUT2D eigenvalue weighted by molar-refractivity contribution is -0.132. The molecule has 0 aliphatic heterocycles. The van der Waals surface area contributed by atoms with Crippen LogP contribution in [0.2, 0.25) is 0 Å². The molecule has 0 bridgehead atoms. The Morgan fingerprint density at radius 3 is 2.50 bits per heavy atom. The minimum Gasteiger partial charge on any atom is -0.505 e. The van der Waals surface area contributed by atoms with Crippen molar-refractivity contribution < 1.29 is 24.5 Å². The van der Waals surface area contributed by atoms with Gasteiger partial charge < -0.3 is 19.7 Å². The molecule has 0 saturated heterocycles. The van der Waals surface area contributed by atoms with Crippen LogP contribution in [0.15, 0.2) is 42.5 Å². The van der Waals surface area contributed by atoms with E-state index in [1.165, 1.54) is 4.80 Å². The van der Waals surface area contributed by atoms with E-state index in [-0.39, 0.29) is 29.8 Å². The molecule has 0 radical (unpaired) electrons. The molecule has 0 aliphatic carbocycles. The van der Waals surface area contributed by atoms with Crippen LogP contribution in [-0.4, -0.2) is 44.9 Å². The standard InChI is InChI=1S/C22H25N3O5/c1-13(21(27)28)8-9-30-14-6-7-16-17(10-14)24-25(23-16)18-11-15(22(2,3)4)20(29-5)12-19(18)26/h6-7,10-12,26H,1,8-9H2,2-5H3,(H,27,28). The molecule has 0 saturated carbocycles. The average molecular weight is 411 g/mol. The Hall–Kier alpha value is -3.55. The number of rotatable bonds is 7. The number of carboxylic acids is 1. The van der Waals surface area contributed by atoms with Crippen LogP contribution in [0.25, 0.3) is 16.7 Å². The highest BCUT2D eigenvalue weighted by Gasteiger charge is 2.23. The summed E-state index contributed by atoms with van der Waals surface area (Å²) in [5, 5.41) is 28.3. The van der Waals surface area contributed by atoms with Gasteiger partial charge in [0.25, 0.3) is 0 Å². The number of ether oxygens (including phenoxy) is 2.